The van der Waals surface area contributed by atoms with Crippen LogP contribution in [0.25, 0.3) is 0 Å². The summed E-state index contributed by atoms with van der Waals surface area (Å²) in [6.45, 7) is 1.93. The zero-order valence-electron chi connectivity index (χ0n) is 18.1. The minimum Gasteiger partial charge on any atom is -0.493 e. The van der Waals surface area contributed by atoms with Gasteiger partial charge in [0.05, 0.1) is 18.2 Å². The van der Waals surface area contributed by atoms with Gasteiger partial charge in [-0.2, -0.15) is 0 Å². The van der Waals surface area contributed by atoms with Gasteiger partial charge in [-0.3, -0.25) is 14.9 Å². The van der Waals surface area contributed by atoms with Gasteiger partial charge in [0, 0.05) is 23.4 Å². The number of nitro groups is 1. The number of benzene rings is 3. The maximum atomic E-state index is 12.3. The molecule has 3 aromatic carbocycles. The number of carbonyl (C=O) groups excluding carboxylic acids is 1. The fourth-order valence-corrected chi connectivity index (χ4v) is 2.79. The van der Waals surface area contributed by atoms with Crippen LogP contribution in [-0.4, -0.2) is 30.3 Å². The second-order valence-corrected chi connectivity index (χ2v) is 6.96. The third-order valence-corrected chi connectivity index (χ3v) is 4.54. The predicted octanol–water partition coefficient (Wildman–Crippen LogP) is 4.56. The lowest BCUT2D eigenvalue weighted by Crippen LogP contribution is -2.26. The van der Waals surface area contributed by atoms with Gasteiger partial charge in [0.25, 0.3) is 11.6 Å². The average Bonchev–Trinajstić information content (AvgIpc) is 2.83. The molecule has 1 atom stereocenters. The highest BCUT2D eigenvalue weighted by molar-refractivity contribution is 5.94. The monoisotopic (exact) mass is 449 g/mol. The molecule has 1 unspecified atom stereocenters. The van der Waals surface area contributed by atoms with E-state index in [-0.39, 0.29) is 5.69 Å². The van der Waals surface area contributed by atoms with Crippen LogP contribution in [-0.2, 0) is 16.2 Å². The van der Waals surface area contributed by atoms with Crippen LogP contribution in [0.15, 0.2) is 78.0 Å². The van der Waals surface area contributed by atoms with E-state index in [2.05, 4.69) is 10.5 Å². The molecule has 0 aliphatic heterocycles. The van der Waals surface area contributed by atoms with Gasteiger partial charge in [-0.25, -0.2) is 0 Å². The molecule has 0 aliphatic carbocycles. The van der Waals surface area contributed by atoms with Gasteiger partial charge >= 0.3 is 0 Å². The Hall–Kier alpha value is -4.40. The maximum Gasteiger partial charge on any atom is 0.271 e. The van der Waals surface area contributed by atoms with Crippen molar-refractivity contribution in [3.05, 3.63) is 94.0 Å². The van der Waals surface area contributed by atoms with E-state index in [9.17, 15) is 14.9 Å². The third-order valence-electron chi connectivity index (χ3n) is 4.54. The van der Waals surface area contributed by atoms with E-state index in [0.717, 1.165) is 5.56 Å². The zero-order chi connectivity index (χ0) is 23.6. The minimum atomic E-state index is -0.920. The van der Waals surface area contributed by atoms with Crippen LogP contribution >= 0.6 is 0 Å². The van der Waals surface area contributed by atoms with Crippen LogP contribution in [0, 0.1) is 10.1 Å². The molecule has 0 aromatic heterocycles. The quantitative estimate of drug-likeness (QED) is 0.276. The summed E-state index contributed by atoms with van der Waals surface area (Å²) in [6.07, 6.45) is 0.525. The van der Waals surface area contributed by atoms with Crippen molar-refractivity contribution in [2.75, 3.05) is 12.4 Å². The summed E-state index contributed by atoms with van der Waals surface area (Å²) in [6, 6.07) is 20.7. The van der Waals surface area contributed by atoms with Crippen LogP contribution < -0.4 is 14.8 Å². The zero-order valence-corrected chi connectivity index (χ0v) is 18.1. The Balaban J connectivity index is 1.56. The van der Waals surface area contributed by atoms with Gasteiger partial charge in [0.1, 0.15) is 6.61 Å². The topological polar surface area (TPSA) is 112 Å². The van der Waals surface area contributed by atoms with Crippen molar-refractivity contribution in [1.29, 1.82) is 0 Å². The number of nitrogens with one attached hydrogen (secondary N) is 1. The van der Waals surface area contributed by atoms with Crippen molar-refractivity contribution in [3.8, 4) is 11.5 Å². The summed E-state index contributed by atoms with van der Waals surface area (Å²) in [7, 11) is 1.54. The first-order valence-corrected chi connectivity index (χ1v) is 10.1. The number of amides is 1. The second kappa shape index (κ2) is 11.3. The fourth-order valence-electron chi connectivity index (χ4n) is 2.79. The smallest absolute Gasteiger partial charge is 0.271 e. The van der Waals surface area contributed by atoms with Crippen molar-refractivity contribution in [1.82, 2.24) is 0 Å². The van der Waals surface area contributed by atoms with Crippen LogP contribution in [0.1, 0.15) is 18.1 Å². The Labute approximate surface area is 190 Å². The fraction of sp³-hybridized carbons (Fsp3) is 0.167. The van der Waals surface area contributed by atoms with Crippen molar-refractivity contribution in [2.45, 2.75) is 19.6 Å². The Morgan fingerprint density at radius 2 is 1.88 bits per heavy atom. The molecule has 3 aromatic rings. The van der Waals surface area contributed by atoms with Crippen LogP contribution in [0.5, 0.6) is 11.5 Å². The Morgan fingerprint density at radius 3 is 2.61 bits per heavy atom. The molecular formula is C24H23N3O6. The molecule has 0 saturated carbocycles. The minimum absolute atomic E-state index is 0.121. The SMILES string of the molecule is COc1cc(/C=N/OC(C)C(=O)Nc2cccc([N+](=O)[O-])c2)ccc1OCc1ccccc1. The summed E-state index contributed by atoms with van der Waals surface area (Å²) >= 11 is 0. The summed E-state index contributed by atoms with van der Waals surface area (Å²) in [5.74, 6) is 0.630. The van der Waals surface area contributed by atoms with Gasteiger partial charge in [-0.15, -0.1) is 0 Å². The highest BCUT2D eigenvalue weighted by atomic mass is 16.6. The number of methoxy groups -OCH3 is 1. The van der Waals surface area contributed by atoms with Gasteiger partial charge < -0.3 is 19.6 Å². The molecule has 0 bridgehead atoms. The largest absolute Gasteiger partial charge is 0.493 e. The number of anilines is 1. The van der Waals surface area contributed by atoms with Gasteiger partial charge in [0.15, 0.2) is 11.5 Å². The van der Waals surface area contributed by atoms with Gasteiger partial charge in [-0.1, -0.05) is 41.6 Å². The Morgan fingerprint density at radius 1 is 1.09 bits per heavy atom. The number of hydrogen-bond acceptors (Lipinski definition) is 7. The molecule has 0 fully saturated rings. The molecule has 0 spiro atoms. The molecule has 9 heteroatoms. The highest BCUT2D eigenvalue weighted by Gasteiger charge is 2.15. The number of oxime groups is 1. The average molecular weight is 449 g/mol. The van der Waals surface area contributed by atoms with E-state index in [4.69, 9.17) is 14.3 Å². The molecule has 1 amide bonds. The van der Waals surface area contributed by atoms with Crippen molar-refractivity contribution < 1.29 is 24.0 Å². The number of hydrogen-bond donors (Lipinski definition) is 1. The number of rotatable bonds is 10. The van der Waals surface area contributed by atoms with Crippen LogP contribution in [0.2, 0.25) is 0 Å². The van der Waals surface area contributed by atoms with E-state index in [1.165, 1.54) is 31.3 Å². The number of nitro benzene ring substituents is 1. The highest BCUT2D eigenvalue weighted by Crippen LogP contribution is 2.28. The first kappa shape index (κ1) is 23.3. The lowest BCUT2D eigenvalue weighted by molar-refractivity contribution is -0.384. The molecule has 1 N–H and O–H groups in total. The number of carbonyl (C=O) groups is 1. The lowest BCUT2D eigenvalue weighted by Gasteiger charge is -2.12. The predicted molar refractivity (Wildman–Crippen MR) is 124 cm³/mol. The van der Waals surface area contributed by atoms with E-state index >= 15 is 0 Å². The normalized spacial score (nSPS) is 11.6. The summed E-state index contributed by atoms with van der Waals surface area (Å²) in [4.78, 5) is 27.8. The van der Waals surface area contributed by atoms with Crippen molar-refractivity contribution in [3.63, 3.8) is 0 Å². The molecule has 0 radical (unpaired) electrons. The van der Waals surface area contributed by atoms with Crippen molar-refractivity contribution in [2.24, 2.45) is 5.16 Å². The van der Waals surface area contributed by atoms with Crippen molar-refractivity contribution >= 4 is 23.5 Å². The van der Waals surface area contributed by atoms with E-state index in [1.807, 2.05) is 30.3 Å². The molecule has 33 heavy (non-hydrogen) atoms. The summed E-state index contributed by atoms with van der Waals surface area (Å²) in [5.41, 5.74) is 1.90. The lowest BCUT2D eigenvalue weighted by atomic mass is 10.2. The first-order chi connectivity index (χ1) is 16.0. The van der Waals surface area contributed by atoms with Crippen LogP contribution in [0.4, 0.5) is 11.4 Å². The standard InChI is InChI=1S/C24H23N3O6/c1-17(24(28)26-20-9-6-10-21(14-20)27(29)30)33-25-15-19-11-12-22(23(13-19)31-2)32-16-18-7-4-3-5-8-18/h3-15,17H,16H2,1-2H3,(H,26,28)/b25-15+. The molecule has 3 rings (SSSR count). The van der Waals surface area contributed by atoms with Gasteiger partial charge in [0.2, 0.25) is 6.10 Å². The van der Waals surface area contributed by atoms with E-state index in [0.29, 0.717) is 29.4 Å². The number of non-ortho nitro benzene ring substituents is 1. The number of ether oxygens (including phenoxy) is 2. The molecule has 0 aliphatic rings. The summed E-state index contributed by atoms with van der Waals surface area (Å²) < 4.78 is 11.2. The summed E-state index contributed by atoms with van der Waals surface area (Å²) in [5, 5.41) is 17.3. The van der Waals surface area contributed by atoms with E-state index < -0.39 is 16.9 Å². The molecule has 170 valence electrons. The van der Waals surface area contributed by atoms with E-state index in [1.54, 1.807) is 31.4 Å². The molecular weight excluding hydrogens is 426 g/mol. The first-order valence-electron chi connectivity index (χ1n) is 10.1. The molecule has 9 nitrogen and oxygen atoms in total. The number of nitrogens with zero attached hydrogens (tertiary/aromatic N) is 2. The Bertz CT molecular complexity index is 1130. The van der Waals surface area contributed by atoms with Gasteiger partial charge in [-0.05, 0) is 36.8 Å². The van der Waals surface area contributed by atoms with Crippen LogP contribution in [0.3, 0.4) is 0 Å². The maximum absolute atomic E-state index is 12.3. The molecule has 0 heterocycles. The Kier molecular flexibility index (Phi) is 7.96. The third kappa shape index (κ3) is 6.79. The second-order valence-electron chi connectivity index (χ2n) is 6.96. The molecule has 0 saturated heterocycles.